The minimum atomic E-state index is 0.136. The van der Waals surface area contributed by atoms with Crippen LogP contribution in [0.2, 0.25) is 0 Å². The smallest absolute Gasteiger partial charge is 0.0154 e. The number of unbranched alkanes of at least 4 members (excludes halogenated alkanes) is 1. The minimum Gasteiger partial charge on any atom is -0.325 e. The van der Waals surface area contributed by atoms with Crippen LogP contribution in [0.25, 0.3) is 0 Å². The Kier molecular flexibility index (Phi) is 6.09. The number of hydrogen-bond acceptors (Lipinski definition) is 1. The van der Waals surface area contributed by atoms with Gasteiger partial charge < -0.3 is 5.73 Å². The van der Waals surface area contributed by atoms with Gasteiger partial charge in [-0.15, -0.1) is 0 Å². The van der Waals surface area contributed by atoms with E-state index in [0.29, 0.717) is 0 Å². The van der Waals surface area contributed by atoms with E-state index in [2.05, 4.69) is 37.3 Å². The quantitative estimate of drug-likeness (QED) is 0.736. The summed E-state index contributed by atoms with van der Waals surface area (Å²) in [5.74, 6) is 0.959. The van der Waals surface area contributed by atoms with Crippen molar-refractivity contribution in [2.75, 3.05) is 0 Å². The van der Waals surface area contributed by atoms with E-state index in [1.807, 2.05) is 0 Å². The summed E-state index contributed by atoms with van der Waals surface area (Å²) >= 11 is 0. The molecule has 1 aliphatic rings. The van der Waals surface area contributed by atoms with Crippen LogP contribution in [0.1, 0.15) is 70.3 Å². The molecule has 2 N–H and O–H groups in total. The molecule has 0 unspecified atom stereocenters. The molecule has 0 radical (unpaired) electrons. The lowest BCUT2D eigenvalue weighted by Crippen LogP contribution is -2.43. The first kappa shape index (κ1) is 15.6. The van der Waals surface area contributed by atoms with Gasteiger partial charge in [0.1, 0.15) is 0 Å². The molecule has 20 heavy (non-hydrogen) atoms. The van der Waals surface area contributed by atoms with Gasteiger partial charge in [-0.3, -0.25) is 0 Å². The van der Waals surface area contributed by atoms with Gasteiger partial charge in [-0.2, -0.15) is 0 Å². The first-order valence-corrected chi connectivity index (χ1v) is 8.55. The van der Waals surface area contributed by atoms with E-state index in [9.17, 15) is 0 Å². The third-order valence-electron chi connectivity index (χ3n) is 5.05. The van der Waals surface area contributed by atoms with Crippen LogP contribution in [-0.4, -0.2) is 5.54 Å². The third-order valence-corrected chi connectivity index (χ3v) is 5.05. The van der Waals surface area contributed by atoms with Gasteiger partial charge in [0.15, 0.2) is 0 Å². The second kappa shape index (κ2) is 7.83. The first-order chi connectivity index (χ1) is 9.72. The second-order valence-corrected chi connectivity index (χ2v) is 6.79. The number of aryl methyl sites for hydroxylation is 1. The topological polar surface area (TPSA) is 26.0 Å². The summed E-state index contributed by atoms with van der Waals surface area (Å²) in [6, 6.07) is 10.8. The van der Waals surface area contributed by atoms with Gasteiger partial charge in [-0.05, 0) is 56.4 Å². The van der Waals surface area contributed by atoms with E-state index in [1.54, 1.807) is 0 Å². The molecule has 1 aromatic rings. The molecular formula is C19H31N. The van der Waals surface area contributed by atoms with E-state index >= 15 is 0 Å². The summed E-state index contributed by atoms with van der Waals surface area (Å²) in [6.07, 6.45) is 13.0. The van der Waals surface area contributed by atoms with E-state index < -0.39 is 0 Å². The van der Waals surface area contributed by atoms with E-state index in [1.165, 1.54) is 69.8 Å². The van der Waals surface area contributed by atoms with Gasteiger partial charge in [0.05, 0.1) is 0 Å². The minimum absolute atomic E-state index is 0.136. The lowest BCUT2D eigenvalue weighted by atomic mass is 9.73. The molecule has 1 heteroatoms. The zero-order valence-corrected chi connectivity index (χ0v) is 13.1. The van der Waals surface area contributed by atoms with Crippen LogP contribution >= 0.6 is 0 Å². The largest absolute Gasteiger partial charge is 0.325 e. The van der Waals surface area contributed by atoms with Gasteiger partial charge in [-0.25, -0.2) is 0 Å². The van der Waals surface area contributed by atoms with Crippen molar-refractivity contribution in [3.63, 3.8) is 0 Å². The molecule has 0 atom stereocenters. The number of benzene rings is 1. The third kappa shape index (κ3) is 4.94. The van der Waals surface area contributed by atoms with Gasteiger partial charge in [0, 0.05) is 5.54 Å². The molecule has 0 bridgehead atoms. The van der Waals surface area contributed by atoms with Crippen molar-refractivity contribution in [2.24, 2.45) is 11.7 Å². The molecule has 1 aromatic carbocycles. The van der Waals surface area contributed by atoms with Crippen LogP contribution in [0.5, 0.6) is 0 Å². The summed E-state index contributed by atoms with van der Waals surface area (Å²) < 4.78 is 0. The van der Waals surface area contributed by atoms with Crippen molar-refractivity contribution in [1.82, 2.24) is 0 Å². The van der Waals surface area contributed by atoms with Crippen molar-refractivity contribution in [1.29, 1.82) is 0 Å². The molecule has 2 rings (SSSR count). The molecular weight excluding hydrogens is 242 g/mol. The molecule has 112 valence electrons. The van der Waals surface area contributed by atoms with Gasteiger partial charge >= 0.3 is 0 Å². The van der Waals surface area contributed by atoms with Crippen LogP contribution < -0.4 is 5.73 Å². The molecule has 0 spiro atoms. The van der Waals surface area contributed by atoms with Crippen molar-refractivity contribution in [2.45, 2.75) is 76.7 Å². The van der Waals surface area contributed by atoms with Gasteiger partial charge in [0.2, 0.25) is 0 Å². The maximum Gasteiger partial charge on any atom is 0.0154 e. The molecule has 1 nitrogen and oxygen atoms in total. The monoisotopic (exact) mass is 273 g/mol. The number of hydrogen-bond donors (Lipinski definition) is 1. The van der Waals surface area contributed by atoms with Crippen LogP contribution in [0, 0.1) is 5.92 Å². The molecule has 1 fully saturated rings. The molecule has 1 aliphatic carbocycles. The highest BCUT2D eigenvalue weighted by Gasteiger charge is 2.30. The SMILES string of the molecule is CCCCC1CCC(N)(CCCc2ccccc2)CC1. The summed E-state index contributed by atoms with van der Waals surface area (Å²) in [6.45, 7) is 2.29. The molecule has 0 heterocycles. The Hall–Kier alpha value is -0.820. The highest BCUT2D eigenvalue weighted by molar-refractivity contribution is 5.14. The Morgan fingerprint density at radius 3 is 2.45 bits per heavy atom. The van der Waals surface area contributed by atoms with Gasteiger partial charge in [0.25, 0.3) is 0 Å². The molecule has 0 amide bonds. The van der Waals surface area contributed by atoms with Gasteiger partial charge in [-0.1, -0.05) is 56.5 Å². The highest BCUT2D eigenvalue weighted by atomic mass is 14.7. The lowest BCUT2D eigenvalue weighted by molar-refractivity contribution is 0.209. The van der Waals surface area contributed by atoms with Crippen LogP contribution in [0.3, 0.4) is 0 Å². The fraction of sp³-hybridized carbons (Fsp3) is 0.684. The van der Waals surface area contributed by atoms with Crippen LogP contribution in [-0.2, 0) is 6.42 Å². The number of rotatable bonds is 7. The predicted molar refractivity (Wildman–Crippen MR) is 87.8 cm³/mol. The van der Waals surface area contributed by atoms with Crippen molar-refractivity contribution in [3.05, 3.63) is 35.9 Å². The average molecular weight is 273 g/mol. The average Bonchev–Trinajstić information content (AvgIpc) is 2.48. The van der Waals surface area contributed by atoms with Crippen LogP contribution in [0.4, 0.5) is 0 Å². The zero-order chi connectivity index (χ0) is 14.3. The first-order valence-electron chi connectivity index (χ1n) is 8.55. The molecule has 0 aromatic heterocycles. The fourth-order valence-corrected chi connectivity index (χ4v) is 3.57. The maximum absolute atomic E-state index is 6.61. The zero-order valence-electron chi connectivity index (χ0n) is 13.1. The predicted octanol–water partition coefficient (Wildman–Crippen LogP) is 5.09. The Morgan fingerprint density at radius 2 is 1.80 bits per heavy atom. The van der Waals surface area contributed by atoms with Crippen molar-refractivity contribution < 1.29 is 0 Å². The Bertz CT molecular complexity index is 363. The van der Waals surface area contributed by atoms with E-state index in [-0.39, 0.29) is 5.54 Å². The Labute approximate surface area is 125 Å². The summed E-state index contributed by atoms with van der Waals surface area (Å²) in [7, 11) is 0. The molecule has 0 saturated heterocycles. The maximum atomic E-state index is 6.61. The van der Waals surface area contributed by atoms with Crippen molar-refractivity contribution in [3.8, 4) is 0 Å². The lowest BCUT2D eigenvalue weighted by Gasteiger charge is -2.37. The van der Waals surface area contributed by atoms with Crippen molar-refractivity contribution >= 4 is 0 Å². The van der Waals surface area contributed by atoms with Crippen LogP contribution in [0.15, 0.2) is 30.3 Å². The number of nitrogens with two attached hydrogens (primary N) is 1. The Balaban J connectivity index is 1.68. The molecule has 1 saturated carbocycles. The normalized spacial score (nSPS) is 26.6. The summed E-state index contributed by atoms with van der Waals surface area (Å²) in [5, 5.41) is 0. The van der Waals surface area contributed by atoms with E-state index in [4.69, 9.17) is 5.73 Å². The summed E-state index contributed by atoms with van der Waals surface area (Å²) in [5.41, 5.74) is 8.20. The summed E-state index contributed by atoms with van der Waals surface area (Å²) in [4.78, 5) is 0. The van der Waals surface area contributed by atoms with E-state index in [0.717, 1.165) is 5.92 Å². The highest BCUT2D eigenvalue weighted by Crippen LogP contribution is 2.35. The second-order valence-electron chi connectivity index (χ2n) is 6.79. The molecule has 0 aliphatic heterocycles. The Morgan fingerprint density at radius 1 is 1.10 bits per heavy atom. The standard InChI is InChI=1S/C19H31N/c1-2-3-8-18-12-15-19(20,16-13-18)14-7-11-17-9-5-4-6-10-17/h4-6,9-10,18H,2-3,7-8,11-16,20H2,1H3. The fourth-order valence-electron chi connectivity index (χ4n) is 3.57.